The van der Waals surface area contributed by atoms with Gasteiger partial charge in [-0.05, 0) is 27.6 Å². The molecule has 1 aromatic rings. The predicted octanol–water partition coefficient (Wildman–Crippen LogP) is 1.39. The number of phenols is 2. The summed E-state index contributed by atoms with van der Waals surface area (Å²) < 4.78 is 4.57. The van der Waals surface area contributed by atoms with Crippen LogP contribution in [0.15, 0.2) is 10.5 Å². The van der Waals surface area contributed by atoms with Gasteiger partial charge in [0, 0.05) is 5.56 Å². The summed E-state index contributed by atoms with van der Waals surface area (Å²) in [6.45, 7) is 0. The van der Waals surface area contributed by atoms with Crippen molar-refractivity contribution < 1.29 is 24.5 Å². The number of aldehydes is 1. The number of carbonyl (C=O) groups is 2. The molecular formula is C10H9BrO5. The number of methoxy groups -OCH3 is 1. The number of phenolic OH excluding ortho intramolecular Hbond substituents is 2. The summed E-state index contributed by atoms with van der Waals surface area (Å²) in [6, 6.07) is 1.09. The molecule has 0 atom stereocenters. The SMILES string of the molecule is COC(=O)Cc1c(C=O)cc(O)c(O)c1Br. The van der Waals surface area contributed by atoms with E-state index in [0.717, 1.165) is 6.07 Å². The van der Waals surface area contributed by atoms with Gasteiger partial charge >= 0.3 is 5.97 Å². The monoisotopic (exact) mass is 288 g/mol. The van der Waals surface area contributed by atoms with E-state index >= 15 is 0 Å². The fraction of sp³-hybridized carbons (Fsp3) is 0.200. The molecule has 86 valence electrons. The number of hydrogen-bond acceptors (Lipinski definition) is 5. The lowest BCUT2D eigenvalue weighted by Gasteiger charge is -2.09. The topological polar surface area (TPSA) is 83.8 Å². The maximum absolute atomic E-state index is 11.1. The zero-order chi connectivity index (χ0) is 12.3. The molecule has 2 N–H and O–H groups in total. The van der Waals surface area contributed by atoms with Gasteiger partial charge in [-0.15, -0.1) is 0 Å². The van der Waals surface area contributed by atoms with Gasteiger partial charge in [0.25, 0.3) is 0 Å². The van der Waals surface area contributed by atoms with E-state index < -0.39 is 17.5 Å². The Morgan fingerprint density at radius 3 is 2.69 bits per heavy atom. The maximum Gasteiger partial charge on any atom is 0.310 e. The summed E-state index contributed by atoms with van der Waals surface area (Å²) in [5.74, 6) is -1.39. The molecule has 0 radical (unpaired) electrons. The fourth-order valence-corrected chi connectivity index (χ4v) is 1.76. The highest BCUT2D eigenvalue weighted by molar-refractivity contribution is 9.10. The first-order chi connectivity index (χ1) is 7.51. The van der Waals surface area contributed by atoms with Crippen LogP contribution in [0.1, 0.15) is 15.9 Å². The van der Waals surface area contributed by atoms with E-state index in [0.29, 0.717) is 6.29 Å². The first kappa shape index (κ1) is 12.5. The molecule has 1 rings (SSSR count). The molecule has 0 aromatic heterocycles. The van der Waals surface area contributed by atoms with Crippen LogP contribution in [-0.2, 0) is 16.0 Å². The highest BCUT2D eigenvalue weighted by Gasteiger charge is 2.17. The Balaban J connectivity index is 3.30. The van der Waals surface area contributed by atoms with Crippen LogP contribution in [0.2, 0.25) is 0 Å². The zero-order valence-corrected chi connectivity index (χ0v) is 9.94. The van der Waals surface area contributed by atoms with E-state index in [-0.39, 0.29) is 22.0 Å². The minimum Gasteiger partial charge on any atom is -0.504 e. The average molecular weight is 289 g/mol. The van der Waals surface area contributed by atoms with Crippen molar-refractivity contribution in [1.82, 2.24) is 0 Å². The summed E-state index contributed by atoms with van der Waals surface area (Å²) in [5, 5.41) is 18.7. The Morgan fingerprint density at radius 2 is 2.19 bits per heavy atom. The molecule has 0 aliphatic carbocycles. The van der Waals surface area contributed by atoms with Crippen molar-refractivity contribution in [2.24, 2.45) is 0 Å². The number of benzene rings is 1. The van der Waals surface area contributed by atoms with Crippen molar-refractivity contribution in [2.75, 3.05) is 7.11 Å². The second-order valence-electron chi connectivity index (χ2n) is 3.00. The standard InChI is InChI=1S/C10H9BrO5/c1-16-8(14)3-6-5(4-12)2-7(13)10(15)9(6)11/h2,4,13,15H,3H2,1H3. The number of ether oxygens (including phenoxy) is 1. The second-order valence-corrected chi connectivity index (χ2v) is 3.79. The van der Waals surface area contributed by atoms with Gasteiger partial charge < -0.3 is 14.9 Å². The highest BCUT2D eigenvalue weighted by Crippen LogP contribution is 2.38. The van der Waals surface area contributed by atoms with Gasteiger partial charge in [0.1, 0.15) is 0 Å². The predicted molar refractivity (Wildman–Crippen MR) is 58.6 cm³/mol. The fourth-order valence-electron chi connectivity index (χ4n) is 1.19. The van der Waals surface area contributed by atoms with Gasteiger partial charge in [-0.3, -0.25) is 9.59 Å². The van der Waals surface area contributed by atoms with Gasteiger partial charge in [-0.25, -0.2) is 0 Å². The van der Waals surface area contributed by atoms with Gasteiger partial charge in [0.2, 0.25) is 0 Å². The molecule has 6 heteroatoms. The molecule has 0 heterocycles. The highest BCUT2D eigenvalue weighted by atomic mass is 79.9. The van der Waals surface area contributed by atoms with E-state index in [9.17, 15) is 19.8 Å². The van der Waals surface area contributed by atoms with Crippen LogP contribution >= 0.6 is 15.9 Å². The van der Waals surface area contributed by atoms with Crippen LogP contribution in [0.5, 0.6) is 11.5 Å². The van der Waals surface area contributed by atoms with E-state index in [4.69, 9.17) is 0 Å². The van der Waals surface area contributed by atoms with Crippen molar-refractivity contribution in [2.45, 2.75) is 6.42 Å². The van der Waals surface area contributed by atoms with Crippen molar-refractivity contribution >= 4 is 28.2 Å². The minimum atomic E-state index is -0.547. The van der Waals surface area contributed by atoms with Crippen LogP contribution in [0.4, 0.5) is 0 Å². The van der Waals surface area contributed by atoms with Crippen molar-refractivity contribution in [1.29, 1.82) is 0 Å². The number of halogens is 1. The lowest BCUT2D eigenvalue weighted by molar-refractivity contribution is -0.139. The second kappa shape index (κ2) is 4.98. The van der Waals surface area contributed by atoms with Crippen molar-refractivity contribution in [3.63, 3.8) is 0 Å². The Morgan fingerprint density at radius 1 is 1.56 bits per heavy atom. The van der Waals surface area contributed by atoms with Gasteiger partial charge in [0.15, 0.2) is 17.8 Å². The van der Waals surface area contributed by atoms with E-state index in [1.807, 2.05) is 0 Å². The molecule has 0 aliphatic rings. The molecule has 0 fully saturated rings. The molecule has 16 heavy (non-hydrogen) atoms. The summed E-state index contributed by atoms with van der Waals surface area (Å²) >= 11 is 3.00. The normalized spacial score (nSPS) is 9.88. The van der Waals surface area contributed by atoms with Crippen LogP contribution in [-0.4, -0.2) is 29.6 Å². The number of esters is 1. The molecule has 0 unspecified atom stereocenters. The molecular weight excluding hydrogens is 280 g/mol. The zero-order valence-electron chi connectivity index (χ0n) is 8.36. The lowest BCUT2D eigenvalue weighted by Crippen LogP contribution is -2.07. The molecule has 0 bridgehead atoms. The first-order valence-electron chi connectivity index (χ1n) is 4.26. The van der Waals surface area contributed by atoms with Crippen LogP contribution in [0.3, 0.4) is 0 Å². The van der Waals surface area contributed by atoms with E-state index in [1.54, 1.807) is 0 Å². The Hall–Kier alpha value is -1.56. The quantitative estimate of drug-likeness (QED) is 0.499. The summed E-state index contributed by atoms with van der Waals surface area (Å²) in [6.07, 6.45) is 0.321. The summed E-state index contributed by atoms with van der Waals surface area (Å²) in [5.41, 5.74) is 0.393. The average Bonchev–Trinajstić information content (AvgIpc) is 2.29. The van der Waals surface area contributed by atoms with Crippen molar-refractivity contribution in [3.05, 3.63) is 21.7 Å². The molecule has 0 saturated carbocycles. The van der Waals surface area contributed by atoms with E-state index in [2.05, 4.69) is 20.7 Å². The van der Waals surface area contributed by atoms with Gasteiger partial charge in [0.05, 0.1) is 18.0 Å². The number of hydrogen-bond donors (Lipinski definition) is 2. The number of carbonyl (C=O) groups excluding carboxylic acids is 2. The lowest BCUT2D eigenvalue weighted by atomic mass is 10.0. The Bertz CT molecular complexity index is 441. The van der Waals surface area contributed by atoms with E-state index in [1.165, 1.54) is 7.11 Å². The van der Waals surface area contributed by atoms with Gasteiger partial charge in [-0.2, -0.15) is 0 Å². The maximum atomic E-state index is 11.1. The molecule has 5 nitrogen and oxygen atoms in total. The molecule has 0 spiro atoms. The number of rotatable bonds is 3. The smallest absolute Gasteiger partial charge is 0.310 e. The van der Waals surface area contributed by atoms with Crippen LogP contribution < -0.4 is 0 Å². The first-order valence-corrected chi connectivity index (χ1v) is 5.05. The molecule has 1 aromatic carbocycles. The van der Waals surface area contributed by atoms with Crippen LogP contribution in [0, 0.1) is 0 Å². The summed E-state index contributed by atoms with van der Waals surface area (Å²) in [4.78, 5) is 21.8. The molecule has 0 saturated heterocycles. The Kier molecular flexibility index (Phi) is 3.89. The van der Waals surface area contributed by atoms with Crippen LogP contribution in [0.25, 0.3) is 0 Å². The third kappa shape index (κ3) is 2.33. The third-order valence-corrected chi connectivity index (χ3v) is 2.89. The Labute approximate surface area is 99.8 Å². The summed E-state index contributed by atoms with van der Waals surface area (Å²) in [7, 11) is 1.22. The third-order valence-electron chi connectivity index (χ3n) is 2.03. The molecule has 0 amide bonds. The number of aromatic hydroxyl groups is 2. The minimum absolute atomic E-state index is 0.111. The largest absolute Gasteiger partial charge is 0.504 e. The molecule has 0 aliphatic heterocycles. The van der Waals surface area contributed by atoms with Crippen molar-refractivity contribution in [3.8, 4) is 11.5 Å². The van der Waals surface area contributed by atoms with Gasteiger partial charge in [-0.1, -0.05) is 0 Å².